The van der Waals surface area contributed by atoms with Gasteiger partial charge in [-0.25, -0.2) is 4.98 Å². The molecule has 2 saturated heterocycles. The summed E-state index contributed by atoms with van der Waals surface area (Å²) in [5.41, 5.74) is 0. The number of carbonyl (C=O) groups is 1. The second kappa shape index (κ2) is 7.07. The Balaban J connectivity index is 1.47. The molecule has 0 bridgehead atoms. The summed E-state index contributed by atoms with van der Waals surface area (Å²) in [4.78, 5) is 22.0. The van der Waals surface area contributed by atoms with Crippen LogP contribution in [0.25, 0.3) is 0 Å². The Hall–Kier alpha value is -1.36. The van der Waals surface area contributed by atoms with Crippen molar-refractivity contribution in [2.24, 2.45) is 5.92 Å². The van der Waals surface area contributed by atoms with Crippen LogP contribution < -0.4 is 5.32 Å². The molecule has 0 aliphatic carbocycles. The van der Waals surface area contributed by atoms with E-state index in [1.54, 1.807) is 6.20 Å². The summed E-state index contributed by atoms with van der Waals surface area (Å²) in [6.07, 6.45) is 10.1. The van der Waals surface area contributed by atoms with Crippen LogP contribution in [0.2, 0.25) is 0 Å². The fraction of sp³-hybridized carbons (Fsp3) is 0.750. The molecule has 2 aliphatic rings. The van der Waals surface area contributed by atoms with E-state index in [2.05, 4.69) is 20.2 Å². The first kappa shape index (κ1) is 14.6. The zero-order valence-corrected chi connectivity index (χ0v) is 12.7. The first-order valence-electron chi connectivity index (χ1n) is 8.30. The van der Waals surface area contributed by atoms with Gasteiger partial charge >= 0.3 is 0 Å². The van der Waals surface area contributed by atoms with E-state index >= 15 is 0 Å². The fourth-order valence-electron chi connectivity index (χ4n) is 3.58. The maximum Gasteiger partial charge on any atom is 0.222 e. The predicted octanol–water partition coefficient (Wildman–Crippen LogP) is 1.90. The zero-order chi connectivity index (χ0) is 14.5. The first-order chi connectivity index (χ1) is 10.3. The first-order valence-corrected chi connectivity index (χ1v) is 8.30. The molecule has 2 aliphatic heterocycles. The van der Waals surface area contributed by atoms with Gasteiger partial charge in [0.15, 0.2) is 0 Å². The lowest BCUT2D eigenvalue weighted by atomic mass is 9.92. The van der Waals surface area contributed by atoms with Crippen LogP contribution in [0.3, 0.4) is 0 Å². The lowest BCUT2D eigenvalue weighted by Gasteiger charge is -2.32. The van der Waals surface area contributed by atoms with Crippen LogP contribution in [-0.4, -0.2) is 47.0 Å². The fourth-order valence-corrected chi connectivity index (χ4v) is 3.58. The van der Waals surface area contributed by atoms with E-state index in [0.717, 1.165) is 63.6 Å². The number of likely N-dealkylation sites (tertiary alicyclic amines) is 1. The summed E-state index contributed by atoms with van der Waals surface area (Å²) in [6, 6.07) is 0. The Morgan fingerprint density at radius 2 is 2.19 bits per heavy atom. The minimum atomic E-state index is 0.338. The molecule has 21 heavy (non-hydrogen) atoms. The minimum Gasteiger partial charge on any atom is -0.348 e. The topological polar surface area (TPSA) is 61.0 Å². The van der Waals surface area contributed by atoms with E-state index in [1.165, 1.54) is 12.8 Å². The number of aromatic amines is 1. The average molecular weight is 290 g/mol. The SMILES string of the molecule is O=C(CCC1CCNCC1)N1CCCC(c2ncc[nH]2)C1. The molecule has 5 heteroatoms. The van der Waals surface area contributed by atoms with Crippen LogP contribution in [0, 0.1) is 5.92 Å². The molecule has 2 N–H and O–H groups in total. The third kappa shape index (κ3) is 3.84. The molecule has 0 spiro atoms. The largest absolute Gasteiger partial charge is 0.348 e. The highest BCUT2D eigenvalue weighted by Crippen LogP contribution is 2.25. The number of hydrogen-bond donors (Lipinski definition) is 2. The number of carbonyl (C=O) groups excluding carboxylic acids is 1. The highest BCUT2D eigenvalue weighted by molar-refractivity contribution is 5.76. The molecule has 3 rings (SSSR count). The maximum absolute atomic E-state index is 12.4. The molecular formula is C16H26N4O. The van der Waals surface area contributed by atoms with Crippen molar-refractivity contribution in [1.29, 1.82) is 0 Å². The minimum absolute atomic E-state index is 0.338. The highest BCUT2D eigenvalue weighted by Gasteiger charge is 2.26. The van der Waals surface area contributed by atoms with Crippen LogP contribution in [-0.2, 0) is 4.79 Å². The normalized spacial score (nSPS) is 24.2. The number of imidazole rings is 1. The molecule has 116 valence electrons. The number of piperidine rings is 2. The second-order valence-corrected chi connectivity index (χ2v) is 6.39. The van der Waals surface area contributed by atoms with E-state index in [-0.39, 0.29) is 0 Å². The van der Waals surface area contributed by atoms with Gasteiger partial charge in [0.1, 0.15) is 5.82 Å². The third-order valence-corrected chi connectivity index (χ3v) is 4.91. The second-order valence-electron chi connectivity index (χ2n) is 6.39. The number of rotatable bonds is 4. The molecule has 3 heterocycles. The summed E-state index contributed by atoms with van der Waals surface area (Å²) in [5, 5.41) is 3.38. The quantitative estimate of drug-likeness (QED) is 0.890. The summed E-state index contributed by atoms with van der Waals surface area (Å²) in [6.45, 7) is 3.98. The third-order valence-electron chi connectivity index (χ3n) is 4.91. The molecule has 0 aromatic carbocycles. The van der Waals surface area contributed by atoms with Crippen molar-refractivity contribution in [2.75, 3.05) is 26.2 Å². The maximum atomic E-state index is 12.4. The smallest absolute Gasteiger partial charge is 0.222 e. The number of nitrogens with zero attached hydrogens (tertiary/aromatic N) is 2. The van der Waals surface area contributed by atoms with E-state index in [1.807, 2.05) is 6.20 Å². The Kier molecular flexibility index (Phi) is 4.91. The molecule has 0 radical (unpaired) electrons. The number of nitrogens with one attached hydrogen (secondary N) is 2. The molecule has 2 fully saturated rings. The lowest BCUT2D eigenvalue weighted by molar-refractivity contribution is -0.132. The summed E-state index contributed by atoms with van der Waals surface area (Å²) in [7, 11) is 0. The van der Waals surface area contributed by atoms with Crippen LogP contribution in [0.1, 0.15) is 50.3 Å². The molecular weight excluding hydrogens is 264 g/mol. The van der Waals surface area contributed by atoms with Gasteiger partial charge in [0.05, 0.1) is 0 Å². The van der Waals surface area contributed by atoms with Crippen LogP contribution in [0.15, 0.2) is 12.4 Å². The van der Waals surface area contributed by atoms with Crippen LogP contribution in [0.5, 0.6) is 0 Å². The van der Waals surface area contributed by atoms with Gasteiger partial charge in [-0.1, -0.05) is 0 Å². The van der Waals surface area contributed by atoms with Crippen molar-refractivity contribution in [1.82, 2.24) is 20.2 Å². The highest BCUT2D eigenvalue weighted by atomic mass is 16.2. The summed E-state index contributed by atoms with van der Waals surface area (Å²) < 4.78 is 0. The molecule has 1 amide bonds. The van der Waals surface area contributed by atoms with E-state index in [0.29, 0.717) is 11.8 Å². The average Bonchev–Trinajstić information content (AvgIpc) is 3.08. The molecule has 1 unspecified atom stereocenters. The molecule has 0 saturated carbocycles. The number of hydrogen-bond acceptors (Lipinski definition) is 3. The van der Waals surface area contributed by atoms with Crippen molar-refractivity contribution in [3.63, 3.8) is 0 Å². The zero-order valence-electron chi connectivity index (χ0n) is 12.7. The van der Waals surface area contributed by atoms with Crippen molar-refractivity contribution < 1.29 is 4.79 Å². The Bertz CT molecular complexity index is 439. The Morgan fingerprint density at radius 1 is 1.33 bits per heavy atom. The van der Waals surface area contributed by atoms with Crippen molar-refractivity contribution >= 4 is 5.91 Å². The molecule has 5 nitrogen and oxygen atoms in total. The van der Waals surface area contributed by atoms with E-state index in [4.69, 9.17) is 0 Å². The molecule has 1 aromatic heterocycles. The van der Waals surface area contributed by atoms with Gasteiger partial charge in [-0.3, -0.25) is 4.79 Å². The van der Waals surface area contributed by atoms with Crippen molar-refractivity contribution in [3.05, 3.63) is 18.2 Å². The summed E-state index contributed by atoms with van der Waals surface area (Å²) in [5.74, 6) is 2.49. The van der Waals surface area contributed by atoms with Gasteiger partial charge in [-0.15, -0.1) is 0 Å². The lowest BCUT2D eigenvalue weighted by Crippen LogP contribution is -2.39. The van der Waals surface area contributed by atoms with Gasteiger partial charge in [-0.05, 0) is 51.1 Å². The monoisotopic (exact) mass is 290 g/mol. The van der Waals surface area contributed by atoms with Gasteiger partial charge in [0.25, 0.3) is 0 Å². The van der Waals surface area contributed by atoms with Gasteiger partial charge in [-0.2, -0.15) is 0 Å². The summed E-state index contributed by atoms with van der Waals surface area (Å²) >= 11 is 0. The van der Waals surface area contributed by atoms with E-state index < -0.39 is 0 Å². The standard InChI is InChI=1S/C16H26N4O/c21-15(4-3-13-5-7-17-8-6-13)20-11-1-2-14(12-20)16-18-9-10-19-16/h9-10,13-14,17H,1-8,11-12H2,(H,18,19). The number of amides is 1. The van der Waals surface area contributed by atoms with Crippen LogP contribution >= 0.6 is 0 Å². The van der Waals surface area contributed by atoms with Gasteiger partial charge < -0.3 is 15.2 Å². The van der Waals surface area contributed by atoms with E-state index in [9.17, 15) is 4.79 Å². The Morgan fingerprint density at radius 3 is 2.95 bits per heavy atom. The number of H-pyrrole nitrogens is 1. The van der Waals surface area contributed by atoms with Gasteiger partial charge in [0.2, 0.25) is 5.91 Å². The van der Waals surface area contributed by atoms with Crippen molar-refractivity contribution in [3.8, 4) is 0 Å². The van der Waals surface area contributed by atoms with Crippen molar-refractivity contribution in [2.45, 2.75) is 44.4 Å². The predicted molar refractivity (Wildman–Crippen MR) is 82.0 cm³/mol. The van der Waals surface area contributed by atoms with Crippen LogP contribution in [0.4, 0.5) is 0 Å². The number of aromatic nitrogens is 2. The Labute approximate surface area is 126 Å². The molecule has 1 atom stereocenters. The van der Waals surface area contributed by atoms with Gasteiger partial charge in [0, 0.05) is 37.8 Å². The molecule has 1 aromatic rings.